The van der Waals surface area contributed by atoms with E-state index >= 15 is 0 Å². The molecule has 0 bridgehead atoms. The van der Waals surface area contributed by atoms with Crippen molar-refractivity contribution in [3.05, 3.63) is 24.3 Å². The lowest BCUT2D eigenvalue weighted by molar-refractivity contribution is 0.474. The van der Waals surface area contributed by atoms with Crippen LogP contribution in [0.3, 0.4) is 0 Å². The molecule has 1 atom stereocenters. The summed E-state index contributed by atoms with van der Waals surface area (Å²) in [5, 5.41) is 9.09. The van der Waals surface area contributed by atoms with Crippen molar-refractivity contribution in [3.8, 4) is 5.75 Å². The van der Waals surface area contributed by atoms with Crippen LogP contribution in [0.1, 0.15) is 6.92 Å². The molecule has 1 aromatic rings. The van der Waals surface area contributed by atoms with Gasteiger partial charge < -0.3 is 5.11 Å². The van der Waals surface area contributed by atoms with Crippen LogP contribution in [0.2, 0.25) is 0 Å². The van der Waals surface area contributed by atoms with Crippen molar-refractivity contribution in [3.63, 3.8) is 0 Å². The number of hydrogen-bond acceptors (Lipinski definition) is 4. The Bertz CT molecular complexity index is 442. The van der Waals surface area contributed by atoms with Gasteiger partial charge in [-0.1, -0.05) is 6.92 Å². The van der Waals surface area contributed by atoms with E-state index in [2.05, 4.69) is 4.72 Å². The minimum atomic E-state index is -3.46. The van der Waals surface area contributed by atoms with E-state index in [0.29, 0.717) is 6.54 Å². The second-order valence-corrected chi connectivity index (χ2v) is 6.58. The number of aromatic hydroxyl groups is 1. The van der Waals surface area contributed by atoms with Gasteiger partial charge in [0, 0.05) is 6.54 Å². The van der Waals surface area contributed by atoms with Crippen molar-refractivity contribution in [2.24, 2.45) is 5.92 Å². The monoisotopic (exact) mass is 275 g/mol. The first-order valence-electron chi connectivity index (χ1n) is 5.23. The SMILES string of the molecule is CSCC(C)CNS(=O)(=O)c1ccc(O)cc1. The Hall–Kier alpha value is -0.720. The molecule has 1 aromatic carbocycles. The van der Waals surface area contributed by atoms with Crippen molar-refractivity contribution in [2.75, 3.05) is 18.6 Å². The average Bonchev–Trinajstić information content (AvgIpc) is 2.28. The van der Waals surface area contributed by atoms with Crippen LogP contribution in [0.15, 0.2) is 29.2 Å². The molecule has 0 saturated carbocycles. The molecule has 0 aliphatic carbocycles. The van der Waals surface area contributed by atoms with E-state index in [4.69, 9.17) is 5.11 Å². The lowest BCUT2D eigenvalue weighted by Gasteiger charge is -2.11. The van der Waals surface area contributed by atoms with Crippen LogP contribution in [0.4, 0.5) is 0 Å². The average molecular weight is 275 g/mol. The first-order valence-corrected chi connectivity index (χ1v) is 8.11. The van der Waals surface area contributed by atoms with Crippen LogP contribution in [0, 0.1) is 5.92 Å². The molecule has 0 aliphatic rings. The van der Waals surface area contributed by atoms with Gasteiger partial charge in [0.15, 0.2) is 0 Å². The number of sulfonamides is 1. The minimum absolute atomic E-state index is 0.0553. The molecule has 17 heavy (non-hydrogen) atoms. The highest BCUT2D eigenvalue weighted by Gasteiger charge is 2.14. The zero-order chi connectivity index (χ0) is 12.9. The Balaban J connectivity index is 2.66. The summed E-state index contributed by atoms with van der Waals surface area (Å²) in [5.74, 6) is 1.26. The van der Waals surface area contributed by atoms with Gasteiger partial charge in [0.25, 0.3) is 0 Å². The number of hydrogen-bond donors (Lipinski definition) is 2. The molecule has 0 fully saturated rings. The maximum atomic E-state index is 11.9. The van der Waals surface area contributed by atoms with Crippen LogP contribution in [0.25, 0.3) is 0 Å². The summed E-state index contributed by atoms with van der Waals surface area (Å²) in [7, 11) is -3.46. The lowest BCUT2D eigenvalue weighted by Crippen LogP contribution is -2.29. The highest BCUT2D eigenvalue weighted by molar-refractivity contribution is 7.98. The van der Waals surface area contributed by atoms with Gasteiger partial charge in [-0.3, -0.25) is 0 Å². The molecule has 4 nitrogen and oxygen atoms in total. The van der Waals surface area contributed by atoms with E-state index in [1.54, 1.807) is 11.8 Å². The maximum absolute atomic E-state index is 11.9. The molecule has 0 aliphatic heterocycles. The zero-order valence-corrected chi connectivity index (χ0v) is 11.5. The summed E-state index contributed by atoms with van der Waals surface area (Å²) >= 11 is 1.69. The fourth-order valence-electron chi connectivity index (χ4n) is 1.30. The van der Waals surface area contributed by atoms with E-state index in [1.807, 2.05) is 13.2 Å². The van der Waals surface area contributed by atoms with Crippen molar-refractivity contribution < 1.29 is 13.5 Å². The summed E-state index contributed by atoms with van der Waals surface area (Å²) in [6, 6.07) is 5.49. The molecule has 1 unspecified atom stereocenters. The van der Waals surface area contributed by atoms with Gasteiger partial charge in [-0.15, -0.1) is 0 Å². The molecule has 0 amide bonds. The molecule has 0 aromatic heterocycles. The minimum Gasteiger partial charge on any atom is -0.508 e. The van der Waals surface area contributed by atoms with E-state index in [0.717, 1.165) is 5.75 Å². The summed E-state index contributed by atoms with van der Waals surface area (Å²) in [5.41, 5.74) is 0. The molecule has 0 saturated heterocycles. The standard InChI is InChI=1S/C11H17NO3S2/c1-9(8-16-2)7-12-17(14,15)11-5-3-10(13)4-6-11/h3-6,9,12-13H,7-8H2,1-2H3. The van der Waals surface area contributed by atoms with Gasteiger partial charge in [-0.2, -0.15) is 11.8 Å². The van der Waals surface area contributed by atoms with E-state index in [9.17, 15) is 8.42 Å². The summed E-state index contributed by atoms with van der Waals surface area (Å²) in [4.78, 5) is 0.173. The van der Waals surface area contributed by atoms with Gasteiger partial charge in [0.1, 0.15) is 5.75 Å². The number of nitrogens with one attached hydrogen (secondary N) is 1. The Morgan fingerprint density at radius 3 is 2.47 bits per heavy atom. The van der Waals surface area contributed by atoms with Gasteiger partial charge in [0.05, 0.1) is 4.90 Å². The first kappa shape index (κ1) is 14.3. The third kappa shape index (κ3) is 4.57. The van der Waals surface area contributed by atoms with Crippen LogP contribution in [-0.4, -0.2) is 32.1 Å². The topological polar surface area (TPSA) is 66.4 Å². The molecule has 0 heterocycles. The van der Waals surface area contributed by atoms with E-state index in [-0.39, 0.29) is 16.6 Å². The number of rotatable bonds is 6. The Kier molecular flexibility index (Phi) is 5.30. The number of phenols is 1. The number of benzene rings is 1. The highest BCUT2D eigenvalue weighted by atomic mass is 32.2. The molecular formula is C11H17NO3S2. The normalized spacial score (nSPS) is 13.5. The molecule has 2 N–H and O–H groups in total. The van der Waals surface area contributed by atoms with Crippen molar-refractivity contribution in [1.29, 1.82) is 0 Å². The lowest BCUT2D eigenvalue weighted by atomic mass is 10.2. The van der Waals surface area contributed by atoms with Crippen LogP contribution in [-0.2, 0) is 10.0 Å². The molecule has 1 rings (SSSR count). The molecule has 96 valence electrons. The fraction of sp³-hybridized carbons (Fsp3) is 0.455. The number of thioether (sulfide) groups is 1. The highest BCUT2D eigenvalue weighted by Crippen LogP contribution is 2.14. The fourth-order valence-corrected chi connectivity index (χ4v) is 3.16. The number of phenolic OH excluding ortho intramolecular Hbond substituents is 1. The third-order valence-electron chi connectivity index (χ3n) is 2.22. The summed E-state index contributed by atoms with van der Waals surface area (Å²) in [6.45, 7) is 2.42. The smallest absolute Gasteiger partial charge is 0.240 e. The van der Waals surface area contributed by atoms with E-state index in [1.165, 1.54) is 24.3 Å². The molecule has 6 heteroatoms. The van der Waals surface area contributed by atoms with Crippen molar-refractivity contribution >= 4 is 21.8 Å². The van der Waals surface area contributed by atoms with Crippen molar-refractivity contribution in [1.82, 2.24) is 4.72 Å². The zero-order valence-electron chi connectivity index (χ0n) is 9.88. The molecule has 0 radical (unpaired) electrons. The molecular weight excluding hydrogens is 258 g/mol. The Labute approximate surface area is 106 Å². The second kappa shape index (κ2) is 6.28. The maximum Gasteiger partial charge on any atom is 0.240 e. The van der Waals surface area contributed by atoms with Crippen LogP contribution in [0.5, 0.6) is 5.75 Å². The van der Waals surface area contributed by atoms with Gasteiger partial charge in [0.2, 0.25) is 10.0 Å². The van der Waals surface area contributed by atoms with Crippen molar-refractivity contribution in [2.45, 2.75) is 11.8 Å². The summed E-state index contributed by atoms with van der Waals surface area (Å²) in [6.07, 6.45) is 1.99. The first-order chi connectivity index (χ1) is 7.95. The quantitative estimate of drug-likeness (QED) is 0.829. The summed E-state index contributed by atoms with van der Waals surface area (Å²) < 4.78 is 26.3. The van der Waals surface area contributed by atoms with Gasteiger partial charge in [-0.25, -0.2) is 13.1 Å². The third-order valence-corrected chi connectivity index (χ3v) is 4.56. The Morgan fingerprint density at radius 2 is 1.94 bits per heavy atom. The molecule has 0 spiro atoms. The largest absolute Gasteiger partial charge is 0.508 e. The Morgan fingerprint density at radius 1 is 1.35 bits per heavy atom. The second-order valence-electron chi connectivity index (χ2n) is 3.91. The van der Waals surface area contributed by atoms with E-state index < -0.39 is 10.0 Å². The van der Waals surface area contributed by atoms with Crippen LogP contribution >= 0.6 is 11.8 Å². The predicted molar refractivity (Wildman–Crippen MR) is 70.8 cm³/mol. The van der Waals surface area contributed by atoms with Gasteiger partial charge in [-0.05, 0) is 42.2 Å². The van der Waals surface area contributed by atoms with Crippen LogP contribution < -0.4 is 4.72 Å². The van der Waals surface area contributed by atoms with Gasteiger partial charge >= 0.3 is 0 Å². The predicted octanol–water partition coefficient (Wildman–Crippen LogP) is 1.67.